The summed E-state index contributed by atoms with van der Waals surface area (Å²) >= 11 is 1.59. The van der Waals surface area contributed by atoms with Gasteiger partial charge in [-0.05, 0) is 13.8 Å². The summed E-state index contributed by atoms with van der Waals surface area (Å²) in [6.07, 6.45) is 0. The van der Waals surface area contributed by atoms with Crippen LogP contribution in [0.2, 0.25) is 0 Å². The standard InChI is InChI=1S/C10H19N5S/c1-6(2)9-15-14-8(16-9)5-12-10(11)13-7(3)4/h6-7H,5H2,1-4H3,(H3,11,12,13). The third-order valence-corrected chi connectivity index (χ3v) is 3.01. The van der Waals surface area contributed by atoms with Gasteiger partial charge in [0.2, 0.25) is 0 Å². The minimum atomic E-state index is 0.296. The van der Waals surface area contributed by atoms with Gasteiger partial charge in [0, 0.05) is 12.0 Å². The van der Waals surface area contributed by atoms with Crippen LogP contribution >= 0.6 is 11.3 Å². The third kappa shape index (κ3) is 4.14. The van der Waals surface area contributed by atoms with Crippen molar-refractivity contribution in [3.05, 3.63) is 10.0 Å². The number of nitrogens with one attached hydrogen (secondary N) is 1. The molecule has 0 radical (unpaired) electrons. The molecule has 0 aromatic carbocycles. The lowest BCUT2D eigenvalue weighted by Crippen LogP contribution is -2.36. The van der Waals surface area contributed by atoms with Crippen molar-refractivity contribution in [1.29, 1.82) is 0 Å². The van der Waals surface area contributed by atoms with Crippen molar-refractivity contribution in [2.24, 2.45) is 10.7 Å². The highest BCUT2D eigenvalue weighted by Crippen LogP contribution is 2.19. The summed E-state index contributed by atoms with van der Waals surface area (Å²) < 4.78 is 0. The van der Waals surface area contributed by atoms with Gasteiger partial charge in [-0.25, -0.2) is 4.99 Å². The SMILES string of the molecule is CC(C)NC(N)=NCc1nnc(C(C)C)s1. The number of hydrogen-bond acceptors (Lipinski definition) is 4. The molecule has 1 aromatic heterocycles. The summed E-state index contributed by atoms with van der Waals surface area (Å²) in [5.41, 5.74) is 5.68. The fourth-order valence-electron chi connectivity index (χ4n) is 1.06. The van der Waals surface area contributed by atoms with Crippen LogP contribution in [0.4, 0.5) is 0 Å². The predicted octanol–water partition coefficient (Wildman–Crippen LogP) is 1.47. The minimum absolute atomic E-state index is 0.296. The second-order valence-corrected chi connectivity index (χ2v) is 5.28. The van der Waals surface area contributed by atoms with Gasteiger partial charge >= 0.3 is 0 Å². The molecule has 3 N–H and O–H groups in total. The van der Waals surface area contributed by atoms with Crippen LogP contribution in [0.15, 0.2) is 4.99 Å². The average Bonchev–Trinajstić information content (AvgIpc) is 2.61. The van der Waals surface area contributed by atoms with E-state index >= 15 is 0 Å². The van der Waals surface area contributed by atoms with Crippen molar-refractivity contribution < 1.29 is 0 Å². The van der Waals surface area contributed by atoms with Crippen molar-refractivity contribution in [1.82, 2.24) is 15.5 Å². The molecule has 0 bridgehead atoms. The Morgan fingerprint density at radius 1 is 1.38 bits per heavy atom. The second-order valence-electron chi connectivity index (χ2n) is 4.19. The number of nitrogens with zero attached hydrogens (tertiary/aromatic N) is 3. The van der Waals surface area contributed by atoms with Crippen LogP contribution < -0.4 is 11.1 Å². The lowest BCUT2D eigenvalue weighted by atomic mass is 10.2. The molecule has 1 rings (SSSR count). The van der Waals surface area contributed by atoms with Gasteiger partial charge in [-0.15, -0.1) is 10.2 Å². The first-order chi connectivity index (χ1) is 7.49. The van der Waals surface area contributed by atoms with Gasteiger partial charge in [-0.3, -0.25) is 0 Å². The van der Waals surface area contributed by atoms with Crippen LogP contribution in [0.3, 0.4) is 0 Å². The number of nitrogens with two attached hydrogens (primary N) is 1. The molecule has 0 fully saturated rings. The zero-order valence-corrected chi connectivity index (χ0v) is 11.0. The highest BCUT2D eigenvalue weighted by Gasteiger charge is 2.07. The van der Waals surface area contributed by atoms with E-state index in [1.54, 1.807) is 11.3 Å². The number of rotatable bonds is 4. The maximum atomic E-state index is 5.68. The second kappa shape index (κ2) is 5.79. The van der Waals surface area contributed by atoms with Crippen LogP contribution in [-0.2, 0) is 6.54 Å². The van der Waals surface area contributed by atoms with E-state index in [1.807, 2.05) is 13.8 Å². The van der Waals surface area contributed by atoms with Gasteiger partial charge < -0.3 is 11.1 Å². The van der Waals surface area contributed by atoms with Crippen LogP contribution in [0, 0.1) is 0 Å². The Morgan fingerprint density at radius 3 is 2.56 bits per heavy atom. The van der Waals surface area contributed by atoms with Crippen LogP contribution in [-0.4, -0.2) is 22.2 Å². The third-order valence-electron chi connectivity index (χ3n) is 1.80. The fraction of sp³-hybridized carbons (Fsp3) is 0.700. The average molecular weight is 241 g/mol. The lowest BCUT2D eigenvalue weighted by molar-refractivity contribution is 0.723. The largest absolute Gasteiger partial charge is 0.370 e. The van der Waals surface area contributed by atoms with E-state index in [9.17, 15) is 0 Å². The van der Waals surface area contributed by atoms with Gasteiger partial charge in [0.05, 0.1) is 6.54 Å². The first kappa shape index (κ1) is 12.9. The molecule has 1 aromatic rings. The molecule has 0 aliphatic carbocycles. The Balaban J connectivity index is 2.53. The molecule has 5 nitrogen and oxygen atoms in total. The molecule has 0 amide bonds. The number of hydrogen-bond donors (Lipinski definition) is 2. The quantitative estimate of drug-likeness (QED) is 0.618. The fourth-order valence-corrected chi connectivity index (χ4v) is 1.83. The van der Waals surface area contributed by atoms with Crippen molar-refractivity contribution in [2.75, 3.05) is 0 Å². The van der Waals surface area contributed by atoms with Crippen LogP contribution in [0.5, 0.6) is 0 Å². The molecule has 0 unspecified atom stereocenters. The van der Waals surface area contributed by atoms with E-state index in [-0.39, 0.29) is 0 Å². The molecule has 90 valence electrons. The molecule has 16 heavy (non-hydrogen) atoms. The van der Waals surface area contributed by atoms with Crippen molar-refractivity contribution >= 4 is 17.3 Å². The van der Waals surface area contributed by atoms with Crippen LogP contribution in [0.1, 0.15) is 43.6 Å². The van der Waals surface area contributed by atoms with Crippen molar-refractivity contribution in [3.8, 4) is 0 Å². The summed E-state index contributed by atoms with van der Waals surface area (Å²) in [6.45, 7) is 8.73. The maximum absolute atomic E-state index is 5.68. The Labute approximate surface area is 100 Å². The first-order valence-corrected chi connectivity index (χ1v) is 6.19. The molecule has 0 saturated carbocycles. The highest BCUT2D eigenvalue weighted by molar-refractivity contribution is 7.11. The summed E-state index contributed by atoms with van der Waals surface area (Å²) in [4.78, 5) is 4.20. The molecule has 1 heterocycles. The Bertz CT molecular complexity index is 356. The molecule has 0 spiro atoms. The topological polar surface area (TPSA) is 76.2 Å². The van der Waals surface area contributed by atoms with E-state index in [1.165, 1.54) is 0 Å². The van der Waals surface area contributed by atoms with Crippen molar-refractivity contribution in [2.45, 2.75) is 46.2 Å². The molecule has 0 aliphatic heterocycles. The van der Waals surface area contributed by atoms with E-state index in [0.717, 1.165) is 10.0 Å². The highest BCUT2D eigenvalue weighted by atomic mass is 32.1. The number of guanidine groups is 1. The molecular weight excluding hydrogens is 222 g/mol. The van der Waals surface area contributed by atoms with Gasteiger partial charge in [0.1, 0.15) is 10.0 Å². The zero-order valence-electron chi connectivity index (χ0n) is 10.2. The van der Waals surface area contributed by atoms with E-state index in [2.05, 4.69) is 34.4 Å². The lowest BCUT2D eigenvalue weighted by Gasteiger charge is -2.07. The van der Waals surface area contributed by atoms with E-state index in [0.29, 0.717) is 24.5 Å². The van der Waals surface area contributed by atoms with Gasteiger partial charge in [-0.2, -0.15) is 0 Å². The van der Waals surface area contributed by atoms with Crippen molar-refractivity contribution in [3.63, 3.8) is 0 Å². The molecule has 0 saturated heterocycles. The van der Waals surface area contributed by atoms with E-state index in [4.69, 9.17) is 5.73 Å². The Kier molecular flexibility index (Phi) is 4.67. The molecular formula is C10H19N5S. The van der Waals surface area contributed by atoms with Crippen LogP contribution in [0.25, 0.3) is 0 Å². The Morgan fingerprint density at radius 2 is 2.06 bits per heavy atom. The minimum Gasteiger partial charge on any atom is -0.370 e. The Hall–Kier alpha value is -1.17. The van der Waals surface area contributed by atoms with E-state index < -0.39 is 0 Å². The summed E-state index contributed by atoms with van der Waals surface area (Å²) in [6, 6.07) is 0.296. The summed E-state index contributed by atoms with van der Waals surface area (Å²) in [5, 5.41) is 13.1. The molecule has 0 atom stereocenters. The molecule has 6 heteroatoms. The normalized spacial score (nSPS) is 12.5. The summed E-state index contributed by atoms with van der Waals surface area (Å²) in [7, 11) is 0. The van der Waals surface area contributed by atoms with Gasteiger partial charge in [-0.1, -0.05) is 25.2 Å². The summed E-state index contributed by atoms with van der Waals surface area (Å²) in [5.74, 6) is 0.873. The predicted molar refractivity (Wildman–Crippen MR) is 67.6 cm³/mol. The zero-order chi connectivity index (χ0) is 12.1. The van der Waals surface area contributed by atoms with Gasteiger partial charge in [0.25, 0.3) is 0 Å². The smallest absolute Gasteiger partial charge is 0.189 e. The monoisotopic (exact) mass is 241 g/mol. The first-order valence-electron chi connectivity index (χ1n) is 5.37. The number of aliphatic imine (C=N–C) groups is 1. The maximum Gasteiger partial charge on any atom is 0.189 e. The number of aromatic nitrogens is 2. The van der Waals surface area contributed by atoms with Gasteiger partial charge in [0.15, 0.2) is 5.96 Å². The molecule has 0 aliphatic rings.